The molecular formula is C51H38N2O. The molecule has 1 aliphatic heterocycles. The summed E-state index contributed by atoms with van der Waals surface area (Å²) in [5.74, 6) is 0. The van der Waals surface area contributed by atoms with Crippen LogP contribution in [0.15, 0.2) is 191 Å². The first-order valence-corrected chi connectivity index (χ1v) is 18.8. The molecule has 1 aromatic heterocycles. The van der Waals surface area contributed by atoms with Crippen molar-refractivity contribution in [3.8, 4) is 22.3 Å². The monoisotopic (exact) mass is 694 g/mol. The fraction of sp³-hybridized carbons (Fsp3) is 0.0784. The standard InChI is InChI=1S/C51H38N2O/c1-33-17-30-46(43-29-21-35-10-3-5-12-41(35)32-43)52-51(53-50(33)38-24-18-36(19-25-38)42-28-20-34-9-2-4-11-40(34)31-42)39-26-22-37(23-27-39)44-14-8-16-48-49(44)45-13-6-7-15-47(45)54-48/h2-16,18-29,31-32,51,53H,17,30H2,1H3/b50-33-,52-46+. The normalized spacial score (nSPS) is 17.3. The Morgan fingerprint density at radius 3 is 1.85 bits per heavy atom. The Labute approximate surface area is 314 Å². The molecule has 1 N–H and O–H groups in total. The van der Waals surface area contributed by atoms with E-state index in [9.17, 15) is 0 Å². The number of furan rings is 1. The van der Waals surface area contributed by atoms with Crippen molar-refractivity contribution in [1.29, 1.82) is 0 Å². The van der Waals surface area contributed by atoms with Crippen molar-refractivity contribution in [3.63, 3.8) is 0 Å². The Kier molecular flexibility index (Phi) is 7.91. The summed E-state index contributed by atoms with van der Waals surface area (Å²) in [5.41, 5.74) is 13.6. The smallest absolute Gasteiger partial charge is 0.145 e. The van der Waals surface area contributed by atoms with Crippen molar-refractivity contribution in [3.05, 3.63) is 198 Å². The largest absolute Gasteiger partial charge is 0.456 e. The lowest BCUT2D eigenvalue weighted by Crippen LogP contribution is -2.23. The number of aliphatic imine (C=N–C) groups is 1. The Hall–Kier alpha value is -6.71. The maximum Gasteiger partial charge on any atom is 0.145 e. The van der Waals surface area contributed by atoms with Gasteiger partial charge in [-0.15, -0.1) is 0 Å². The average molecular weight is 695 g/mol. The zero-order chi connectivity index (χ0) is 36.0. The van der Waals surface area contributed by atoms with E-state index in [-0.39, 0.29) is 6.17 Å². The lowest BCUT2D eigenvalue weighted by Gasteiger charge is -2.26. The Balaban J connectivity index is 1.03. The van der Waals surface area contributed by atoms with Crippen molar-refractivity contribution >= 4 is 54.9 Å². The van der Waals surface area contributed by atoms with Gasteiger partial charge < -0.3 is 9.73 Å². The molecular weight excluding hydrogens is 657 g/mol. The number of rotatable bonds is 5. The third-order valence-electron chi connectivity index (χ3n) is 11.0. The van der Waals surface area contributed by atoms with Crippen LogP contribution in [0.25, 0.3) is 71.4 Å². The van der Waals surface area contributed by atoms with Crippen LogP contribution in [0.4, 0.5) is 0 Å². The summed E-state index contributed by atoms with van der Waals surface area (Å²) in [4.78, 5) is 5.53. The van der Waals surface area contributed by atoms with Crippen molar-refractivity contribution < 1.29 is 4.42 Å². The lowest BCUT2D eigenvalue weighted by molar-refractivity contribution is 0.656. The number of nitrogens with zero attached hydrogens (tertiary/aromatic N) is 1. The molecule has 1 atom stereocenters. The summed E-state index contributed by atoms with van der Waals surface area (Å²) in [6, 6.07) is 63.0. The average Bonchev–Trinajstić information content (AvgIpc) is 3.62. The van der Waals surface area contributed by atoms with E-state index in [0.717, 1.165) is 62.9 Å². The summed E-state index contributed by atoms with van der Waals surface area (Å²) >= 11 is 0. The Morgan fingerprint density at radius 1 is 0.500 bits per heavy atom. The van der Waals surface area contributed by atoms with Crippen LogP contribution in [0.3, 0.4) is 0 Å². The molecule has 0 bridgehead atoms. The maximum atomic E-state index is 6.22. The molecule has 0 spiro atoms. The van der Waals surface area contributed by atoms with Crippen molar-refractivity contribution in [2.24, 2.45) is 4.99 Å². The zero-order valence-electron chi connectivity index (χ0n) is 30.1. The number of para-hydroxylation sites is 1. The van der Waals surface area contributed by atoms with Gasteiger partial charge >= 0.3 is 0 Å². The van der Waals surface area contributed by atoms with Gasteiger partial charge in [0.05, 0.1) is 0 Å². The van der Waals surface area contributed by atoms with E-state index < -0.39 is 0 Å². The van der Waals surface area contributed by atoms with Crippen molar-refractivity contribution in [1.82, 2.24) is 5.32 Å². The molecule has 10 rings (SSSR count). The first-order valence-electron chi connectivity index (χ1n) is 18.8. The highest BCUT2D eigenvalue weighted by Gasteiger charge is 2.21. The molecule has 2 heterocycles. The van der Waals surface area contributed by atoms with Crippen LogP contribution in [0.1, 0.15) is 42.6 Å². The summed E-state index contributed by atoms with van der Waals surface area (Å²) in [6.45, 7) is 2.26. The molecule has 1 unspecified atom stereocenters. The van der Waals surface area contributed by atoms with E-state index in [0.29, 0.717) is 0 Å². The maximum absolute atomic E-state index is 6.22. The summed E-state index contributed by atoms with van der Waals surface area (Å²) in [6.07, 6.45) is 1.49. The number of nitrogens with one attached hydrogen (secondary N) is 1. The molecule has 0 saturated heterocycles. The van der Waals surface area contributed by atoms with Gasteiger partial charge in [0, 0.05) is 22.2 Å². The minimum atomic E-state index is -0.281. The minimum Gasteiger partial charge on any atom is -0.456 e. The summed E-state index contributed by atoms with van der Waals surface area (Å²) in [7, 11) is 0. The van der Waals surface area contributed by atoms with E-state index in [4.69, 9.17) is 9.41 Å². The predicted octanol–water partition coefficient (Wildman–Crippen LogP) is 13.5. The Bertz CT molecular complexity index is 2910. The van der Waals surface area contributed by atoms with Gasteiger partial charge in [-0.3, -0.25) is 4.99 Å². The van der Waals surface area contributed by atoms with Crippen molar-refractivity contribution in [2.45, 2.75) is 25.9 Å². The quantitative estimate of drug-likeness (QED) is 0.195. The first-order chi connectivity index (χ1) is 26.6. The number of hydrogen-bond donors (Lipinski definition) is 1. The lowest BCUT2D eigenvalue weighted by atomic mass is 9.94. The van der Waals surface area contributed by atoms with Crippen LogP contribution in [0, 0.1) is 0 Å². The summed E-state index contributed by atoms with van der Waals surface area (Å²) in [5, 5.41) is 11.2. The fourth-order valence-electron chi connectivity index (χ4n) is 8.08. The van der Waals surface area contributed by atoms with Gasteiger partial charge in [0.15, 0.2) is 0 Å². The van der Waals surface area contributed by atoms with Gasteiger partial charge in [0.25, 0.3) is 0 Å². The van der Waals surface area contributed by atoms with Gasteiger partial charge in [-0.1, -0.05) is 152 Å². The predicted molar refractivity (Wildman–Crippen MR) is 227 cm³/mol. The molecule has 3 heteroatoms. The molecule has 0 saturated carbocycles. The number of fused-ring (bicyclic) bond motifs is 5. The van der Waals surface area contributed by atoms with Crippen LogP contribution in [-0.4, -0.2) is 5.71 Å². The van der Waals surface area contributed by atoms with Crippen molar-refractivity contribution in [2.75, 3.05) is 0 Å². The third kappa shape index (κ3) is 5.84. The van der Waals surface area contributed by atoms with Crippen LogP contribution in [0.2, 0.25) is 0 Å². The van der Waals surface area contributed by atoms with E-state index in [1.54, 1.807) is 0 Å². The summed E-state index contributed by atoms with van der Waals surface area (Å²) < 4.78 is 6.22. The zero-order valence-corrected chi connectivity index (χ0v) is 30.1. The number of hydrogen-bond acceptors (Lipinski definition) is 3. The SMILES string of the molecule is C/C1=C(\c2ccc(-c3ccc4ccccc4c3)cc2)NC(c2ccc(-c3cccc4oc5ccccc5c34)cc2)/N=C(/c2ccc3ccccc3c2)CC1. The van der Waals surface area contributed by atoms with E-state index in [1.807, 2.05) is 12.1 Å². The Morgan fingerprint density at radius 2 is 1.09 bits per heavy atom. The molecule has 9 aromatic rings. The topological polar surface area (TPSA) is 37.5 Å². The number of allylic oxidation sites excluding steroid dienone is 1. The molecule has 0 aliphatic carbocycles. The molecule has 0 radical (unpaired) electrons. The minimum absolute atomic E-state index is 0.281. The van der Waals surface area contributed by atoms with Gasteiger partial charge in [0.2, 0.25) is 0 Å². The highest BCUT2D eigenvalue weighted by Crippen LogP contribution is 2.38. The van der Waals surface area contributed by atoms with E-state index in [1.165, 1.54) is 49.4 Å². The molecule has 0 fully saturated rings. The van der Waals surface area contributed by atoms with Crippen LogP contribution < -0.4 is 5.32 Å². The van der Waals surface area contributed by atoms with Crippen LogP contribution in [-0.2, 0) is 0 Å². The van der Waals surface area contributed by atoms with Gasteiger partial charge in [-0.05, 0) is 110 Å². The highest BCUT2D eigenvalue weighted by molar-refractivity contribution is 6.12. The van der Waals surface area contributed by atoms with E-state index >= 15 is 0 Å². The second kappa shape index (κ2) is 13.4. The fourth-order valence-corrected chi connectivity index (χ4v) is 8.08. The van der Waals surface area contributed by atoms with E-state index in [2.05, 4.69) is 176 Å². The third-order valence-corrected chi connectivity index (χ3v) is 11.0. The van der Waals surface area contributed by atoms with Crippen LogP contribution in [0.5, 0.6) is 0 Å². The molecule has 3 nitrogen and oxygen atoms in total. The molecule has 1 aliphatic rings. The molecule has 54 heavy (non-hydrogen) atoms. The van der Waals surface area contributed by atoms with Gasteiger partial charge in [0.1, 0.15) is 17.3 Å². The molecule has 258 valence electrons. The number of benzene rings is 8. The second-order valence-electron chi connectivity index (χ2n) is 14.4. The second-order valence-corrected chi connectivity index (χ2v) is 14.4. The first kappa shape index (κ1) is 32.0. The van der Waals surface area contributed by atoms with Gasteiger partial charge in [-0.25, -0.2) is 0 Å². The molecule has 0 amide bonds. The molecule has 8 aromatic carbocycles. The van der Waals surface area contributed by atoms with Gasteiger partial charge in [-0.2, -0.15) is 0 Å². The highest BCUT2D eigenvalue weighted by atomic mass is 16.3. The van der Waals surface area contributed by atoms with Crippen LogP contribution >= 0.6 is 0 Å².